The highest BCUT2D eigenvalue weighted by molar-refractivity contribution is 6.34. The third kappa shape index (κ3) is 6.16. The van der Waals surface area contributed by atoms with Crippen LogP contribution in [0.15, 0.2) is 54.9 Å². The van der Waals surface area contributed by atoms with E-state index < -0.39 is 5.60 Å². The van der Waals surface area contributed by atoms with Crippen LogP contribution >= 0.6 is 11.6 Å². The molecule has 2 aromatic heterocycles. The number of carbonyl (C=O) groups is 1. The summed E-state index contributed by atoms with van der Waals surface area (Å²) in [5, 5.41) is 0.473. The van der Waals surface area contributed by atoms with Gasteiger partial charge in [-0.25, -0.2) is 14.8 Å². The van der Waals surface area contributed by atoms with Gasteiger partial charge in [0.2, 0.25) is 5.88 Å². The summed E-state index contributed by atoms with van der Waals surface area (Å²) in [5.41, 5.74) is 2.39. The summed E-state index contributed by atoms with van der Waals surface area (Å²) >= 11 is 7.04. The monoisotopic (exact) mass is 589 g/mol. The number of rotatable bonds is 7. The molecule has 3 heterocycles. The Morgan fingerprint density at radius 2 is 1.79 bits per heavy atom. The molecule has 1 aliphatic heterocycles. The fraction of sp³-hybridized carbons (Fsp3) is 0.438. The predicted molar refractivity (Wildman–Crippen MR) is 161 cm³/mol. The van der Waals surface area contributed by atoms with Crippen LogP contribution in [0.1, 0.15) is 58.9 Å². The molecule has 1 amide bonds. The molecule has 9 nitrogen and oxygen atoms in total. The topological polar surface area (TPSA) is 91.6 Å². The number of likely N-dealkylation sites (tertiary alicyclic amines) is 1. The maximum atomic E-state index is 12.5. The number of hydrogen-bond donors (Lipinski definition) is 0. The van der Waals surface area contributed by atoms with Gasteiger partial charge in [-0.15, -0.1) is 0 Å². The molecule has 0 N–H and O–H groups in total. The molecule has 2 fully saturated rings. The van der Waals surface area contributed by atoms with Gasteiger partial charge < -0.3 is 23.7 Å². The fourth-order valence-electron chi connectivity index (χ4n) is 5.06. The molecule has 1 aliphatic carbocycles. The molecule has 42 heavy (non-hydrogen) atoms. The Kier molecular flexibility index (Phi) is 7.47. The number of halogens is 1. The summed E-state index contributed by atoms with van der Waals surface area (Å²) in [7, 11) is 0. The zero-order valence-corrected chi connectivity index (χ0v) is 25.2. The van der Waals surface area contributed by atoms with Crippen LogP contribution in [0.2, 0.25) is 5.02 Å². The first kappa shape index (κ1) is 28.3. The van der Waals surface area contributed by atoms with Crippen LogP contribution in [0, 0.1) is 0 Å². The number of hydrogen-bond acceptors (Lipinski definition) is 7. The second kappa shape index (κ2) is 11.1. The Bertz CT molecular complexity index is 1590. The largest absolute Gasteiger partial charge is 0.489 e. The number of amides is 1. The highest BCUT2D eigenvalue weighted by atomic mass is 35.5. The SMILES string of the molecule is CC(C)(C)OC(=O)N1CCC(Oc2cccc(-c3nc4c(OC5(C)CC5)ncnc4n3Cc3ccccc3)c2Cl)CC1. The van der Waals surface area contributed by atoms with Crippen LogP contribution < -0.4 is 9.47 Å². The Morgan fingerprint density at radius 1 is 1.05 bits per heavy atom. The number of nitrogens with zero attached hydrogens (tertiary/aromatic N) is 5. The molecular weight excluding hydrogens is 554 g/mol. The van der Waals surface area contributed by atoms with Gasteiger partial charge in [0.15, 0.2) is 11.2 Å². The predicted octanol–water partition coefficient (Wildman–Crippen LogP) is 6.90. The number of aromatic nitrogens is 4. The first-order valence-electron chi connectivity index (χ1n) is 14.5. The summed E-state index contributed by atoms with van der Waals surface area (Å²) in [6.07, 6.45) is 4.49. The minimum atomic E-state index is -0.524. The van der Waals surface area contributed by atoms with E-state index in [0.717, 1.165) is 24.0 Å². The molecule has 10 heteroatoms. The van der Waals surface area contributed by atoms with E-state index in [1.165, 1.54) is 6.33 Å². The van der Waals surface area contributed by atoms with Crippen LogP contribution in [0.5, 0.6) is 11.6 Å². The lowest BCUT2D eigenvalue weighted by Gasteiger charge is -2.33. The Balaban J connectivity index is 1.29. The molecule has 0 unspecified atom stereocenters. The molecule has 0 radical (unpaired) electrons. The molecule has 2 aromatic carbocycles. The van der Waals surface area contributed by atoms with E-state index in [1.54, 1.807) is 4.90 Å². The van der Waals surface area contributed by atoms with E-state index in [0.29, 0.717) is 66.1 Å². The first-order chi connectivity index (χ1) is 20.1. The van der Waals surface area contributed by atoms with Crippen molar-refractivity contribution in [2.45, 2.75) is 77.2 Å². The van der Waals surface area contributed by atoms with Crippen LogP contribution in [-0.2, 0) is 11.3 Å². The smallest absolute Gasteiger partial charge is 0.410 e. The molecular formula is C32H36ClN5O4. The lowest BCUT2D eigenvalue weighted by Crippen LogP contribution is -2.44. The third-order valence-electron chi connectivity index (χ3n) is 7.57. The average Bonchev–Trinajstić information content (AvgIpc) is 3.57. The molecule has 6 rings (SSSR count). The average molecular weight is 590 g/mol. The van der Waals surface area contributed by atoms with Gasteiger partial charge in [0.05, 0.1) is 11.6 Å². The van der Waals surface area contributed by atoms with Gasteiger partial charge in [0.25, 0.3) is 0 Å². The molecule has 4 aromatic rings. The van der Waals surface area contributed by atoms with Crippen LogP contribution in [0.4, 0.5) is 4.79 Å². The van der Waals surface area contributed by atoms with Gasteiger partial charge in [0, 0.05) is 31.5 Å². The van der Waals surface area contributed by atoms with Crippen molar-refractivity contribution in [3.63, 3.8) is 0 Å². The Labute approximate surface area is 250 Å². The van der Waals surface area contributed by atoms with E-state index in [4.69, 9.17) is 30.8 Å². The van der Waals surface area contributed by atoms with E-state index in [1.807, 2.05) is 57.2 Å². The number of ether oxygens (including phenoxy) is 3. The number of fused-ring (bicyclic) bond motifs is 1. The zero-order valence-electron chi connectivity index (χ0n) is 24.5. The third-order valence-corrected chi connectivity index (χ3v) is 7.96. The van der Waals surface area contributed by atoms with E-state index in [2.05, 4.69) is 33.6 Å². The molecule has 2 aliphatic rings. The van der Waals surface area contributed by atoms with Gasteiger partial charge >= 0.3 is 6.09 Å². The first-order valence-corrected chi connectivity index (χ1v) is 14.8. The molecule has 0 atom stereocenters. The second-order valence-electron chi connectivity index (χ2n) is 12.3. The fourth-order valence-corrected chi connectivity index (χ4v) is 5.32. The van der Waals surface area contributed by atoms with Crippen LogP contribution in [0.3, 0.4) is 0 Å². The van der Waals surface area contributed by atoms with Gasteiger partial charge in [-0.1, -0.05) is 48.0 Å². The highest BCUT2D eigenvalue weighted by Crippen LogP contribution is 2.42. The van der Waals surface area contributed by atoms with Crippen molar-refractivity contribution < 1.29 is 19.0 Å². The zero-order chi connectivity index (χ0) is 29.5. The summed E-state index contributed by atoms with van der Waals surface area (Å²) in [6.45, 7) is 9.37. The van der Waals surface area contributed by atoms with Crippen molar-refractivity contribution in [2.24, 2.45) is 0 Å². The molecule has 0 spiro atoms. The van der Waals surface area contributed by atoms with E-state index in [9.17, 15) is 4.79 Å². The Hall–Kier alpha value is -3.85. The number of piperidine rings is 1. The van der Waals surface area contributed by atoms with Crippen molar-refractivity contribution in [2.75, 3.05) is 13.1 Å². The maximum Gasteiger partial charge on any atom is 0.410 e. The standard InChI is InChI=1S/C32H36ClN5O4/c1-31(2,3)42-30(39)37-17-13-22(14-18-37)40-24-12-8-11-23(25(24)33)27-36-26-28(38(27)19-21-9-6-5-7-10-21)34-20-35-29(26)41-32(4)15-16-32/h5-12,20,22H,13-19H2,1-4H3. The maximum absolute atomic E-state index is 12.5. The van der Waals surface area contributed by atoms with Crippen LogP contribution in [-0.4, -0.2) is 60.9 Å². The Morgan fingerprint density at radius 3 is 2.48 bits per heavy atom. The van der Waals surface area contributed by atoms with Crippen molar-refractivity contribution in [3.8, 4) is 23.0 Å². The minimum Gasteiger partial charge on any atom is -0.489 e. The minimum absolute atomic E-state index is 0.0790. The van der Waals surface area contributed by atoms with Crippen molar-refractivity contribution in [3.05, 3.63) is 65.4 Å². The van der Waals surface area contributed by atoms with E-state index in [-0.39, 0.29) is 17.8 Å². The van der Waals surface area contributed by atoms with Gasteiger partial charge in [-0.2, -0.15) is 4.98 Å². The summed E-state index contributed by atoms with van der Waals surface area (Å²) in [5.74, 6) is 1.72. The molecule has 1 saturated carbocycles. The van der Waals surface area contributed by atoms with Gasteiger partial charge in [-0.05, 0) is 58.2 Å². The number of carbonyl (C=O) groups excluding carboxylic acids is 1. The number of benzene rings is 2. The van der Waals surface area contributed by atoms with Crippen molar-refractivity contribution in [1.29, 1.82) is 0 Å². The van der Waals surface area contributed by atoms with Crippen LogP contribution in [0.25, 0.3) is 22.6 Å². The van der Waals surface area contributed by atoms with Gasteiger partial charge in [0.1, 0.15) is 35.2 Å². The molecule has 220 valence electrons. The van der Waals surface area contributed by atoms with Gasteiger partial charge in [-0.3, -0.25) is 0 Å². The highest BCUT2D eigenvalue weighted by Gasteiger charge is 2.41. The van der Waals surface area contributed by atoms with Crippen molar-refractivity contribution >= 4 is 28.9 Å². The lowest BCUT2D eigenvalue weighted by molar-refractivity contribution is 0.0126. The summed E-state index contributed by atoms with van der Waals surface area (Å²) < 4.78 is 20.3. The lowest BCUT2D eigenvalue weighted by atomic mass is 10.1. The normalized spacial score (nSPS) is 16.8. The number of imidazole rings is 1. The molecule has 1 saturated heterocycles. The second-order valence-corrected chi connectivity index (χ2v) is 12.7. The summed E-state index contributed by atoms with van der Waals surface area (Å²) in [4.78, 5) is 28.3. The summed E-state index contributed by atoms with van der Waals surface area (Å²) in [6, 6.07) is 15.9. The van der Waals surface area contributed by atoms with E-state index >= 15 is 0 Å². The quantitative estimate of drug-likeness (QED) is 0.231. The molecule has 0 bridgehead atoms. The van der Waals surface area contributed by atoms with Crippen molar-refractivity contribution in [1.82, 2.24) is 24.4 Å².